The van der Waals surface area contributed by atoms with Gasteiger partial charge in [-0.1, -0.05) is 6.92 Å². The lowest BCUT2D eigenvalue weighted by Crippen LogP contribution is -2.49. The van der Waals surface area contributed by atoms with E-state index in [0.717, 1.165) is 6.54 Å². The first-order chi connectivity index (χ1) is 8.39. The summed E-state index contributed by atoms with van der Waals surface area (Å²) in [6.45, 7) is 10.2. The molecule has 0 bridgehead atoms. The van der Waals surface area contributed by atoms with E-state index in [2.05, 4.69) is 5.32 Å². The van der Waals surface area contributed by atoms with Crippen molar-refractivity contribution in [2.75, 3.05) is 32.8 Å². The molecule has 0 radical (unpaired) electrons. The van der Waals surface area contributed by atoms with Gasteiger partial charge in [-0.25, -0.2) is 0 Å². The normalized spacial score (nSPS) is 24.3. The monoisotopic (exact) mass is 258 g/mol. The lowest BCUT2D eigenvalue weighted by atomic mass is 10.0. The van der Waals surface area contributed by atoms with Crippen molar-refractivity contribution in [1.29, 1.82) is 0 Å². The molecule has 2 atom stereocenters. The minimum Gasteiger partial charge on any atom is -0.389 e. The summed E-state index contributed by atoms with van der Waals surface area (Å²) in [5, 5.41) is 13.1. The Morgan fingerprint density at radius 2 is 2.11 bits per heavy atom. The van der Waals surface area contributed by atoms with Gasteiger partial charge in [0.1, 0.15) is 0 Å². The number of aliphatic hydroxyl groups is 1. The third-order valence-corrected chi connectivity index (χ3v) is 3.14. The van der Waals surface area contributed by atoms with Gasteiger partial charge < -0.3 is 20.1 Å². The Kier molecular flexibility index (Phi) is 5.56. The van der Waals surface area contributed by atoms with Gasteiger partial charge in [-0.15, -0.1) is 0 Å². The maximum absolute atomic E-state index is 12.4. The van der Waals surface area contributed by atoms with E-state index in [4.69, 9.17) is 4.74 Å². The minimum atomic E-state index is -0.862. The van der Waals surface area contributed by atoms with Gasteiger partial charge in [0.05, 0.1) is 24.7 Å². The van der Waals surface area contributed by atoms with Crippen molar-refractivity contribution >= 4 is 5.91 Å². The largest absolute Gasteiger partial charge is 0.389 e. The van der Waals surface area contributed by atoms with Crippen LogP contribution in [0.15, 0.2) is 0 Å². The van der Waals surface area contributed by atoms with Crippen LogP contribution in [0.1, 0.15) is 27.7 Å². The van der Waals surface area contributed by atoms with E-state index in [-0.39, 0.29) is 17.9 Å². The van der Waals surface area contributed by atoms with Gasteiger partial charge in [0.15, 0.2) is 0 Å². The first kappa shape index (κ1) is 15.4. The standard InChI is InChI=1S/C13H26N2O3/c1-5-14-11-8-18-7-10(11)12(16)15(6-2)9-13(3,4)17/h10-11,14,17H,5-9H2,1-4H3. The number of hydrogen-bond donors (Lipinski definition) is 2. The second-order valence-electron chi connectivity index (χ2n) is 5.47. The molecule has 1 amide bonds. The molecule has 1 aliphatic rings. The molecular formula is C13H26N2O3. The molecule has 2 N–H and O–H groups in total. The summed E-state index contributed by atoms with van der Waals surface area (Å²) in [5.41, 5.74) is -0.862. The van der Waals surface area contributed by atoms with Crippen LogP contribution >= 0.6 is 0 Å². The number of hydrogen-bond acceptors (Lipinski definition) is 4. The Morgan fingerprint density at radius 1 is 1.44 bits per heavy atom. The molecule has 2 unspecified atom stereocenters. The fraction of sp³-hybridized carbons (Fsp3) is 0.923. The Balaban J connectivity index is 2.65. The lowest BCUT2D eigenvalue weighted by Gasteiger charge is -2.31. The zero-order chi connectivity index (χ0) is 13.8. The lowest BCUT2D eigenvalue weighted by molar-refractivity contribution is -0.138. The van der Waals surface area contributed by atoms with E-state index in [1.54, 1.807) is 18.7 Å². The molecule has 5 heteroatoms. The van der Waals surface area contributed by atoms with E-state index in [1.165, 1.54) is 0 Å². The predicted molar refractivity (Wildman–Crippen MR) is 70.3 cm³/mol. The molecule has 1 heterocycles. The molecule has 0 aromatic rings. The first-order valence-corrected chi connectivity index (χ1v) is 6.71. The highest BCUT2D eigenvalue weighted by Gasteiger charge is 2.36. The van der Waals surface area contributed by atoms with Gasteiger partial charge in [0.2, 0.25) is 5.91 Å². The summed E-state index contributed by atoms with van der Waals surface area (Å²) in [6.07, 6.45) is 0. The zero-order valence-electron chi connectivity index (χ0n) is 11.9. The topological polar surface area (TPSA) is 61.8 Å². The molecule has 1 fully saturated rings. The van der Waals surface area contributed by atoms with E-state index >= 15 is 0 Å². The molecule has 18 heavy (non-hydrogen) atoms. The molecule has 106 valence electrons. The molecule has 0 aromatic heterocycles. The number of likely N-dealkylation sites (N-methyl/N-ethyl adjacent to an activating group) is 2. The van der Waals surface area contributed by atoms with Gasteiger partial charge in [-0.2, -0.15) is 0 Å². The van der Waals surface area contributed by atoms with Crippen LogP contribution in [0.4, 0.5) is 0 Å². The highest BCUT2D eigenvalue weighted by molar-refractivity contribution is 5.80. The van der Waals surface area contributed by atoms with Gasteiger partial charge in [-0.3, -0.25) is 4.79 Å². The van der Waals surface area contributed by atoms with Crippen LogP contribution in [0.5, 0.6) is 0 Å². The zero-order valence-corrected chi connectivity index (χ0v) is 11.9. The van der Waals surface area contributed by atoms with Crippen LogP contribution < -0.4 is 5.32 Å². The van der Waals surface area contributed by atoms with Crippen LogP contribution in [-0.4, -0.2) is 60.4 Å². The summed E-state index contributed by atoms with van der Waals surface area (Å²) in [7, 11) is 0. The van der Waals surface area contributed by atoms with Crippen molar-refractivity contribution in [2.24, 2.45) is 5.92 Å². The maximum atomic E-state index is 12.4. The summed E-state index contributed by atoms with van der Waals surface area (Å²) < 4.78 is 5.40. The Labute approximate surface area is 109 Å². The summed E-state index contributed by atoms with van der Waals surface area (Å²) in [6, 6.07) is 0.0957. The summed E-state index contributed by atoms with van der Waals surface area (Å²) in [4.78, 5) is 14.1. The van der Waals surface area contributed by atoms with Crippen molar-refractivity contribution in [2.45, 2.75) is 39.3 Å². The number of nitrogens with zero attached hydrogens (tertiary/aromatic N) is 1. The fourth-order valence-electron chi connectivity index (χ4n) is 2.31. The second-order valence-corrected chi connectivity index (χ2v) is 5.47. The predicted octanol–water partition coefficient (Wildman–Crippen LogP) is 0.230. The van der Waals surface area contributed by atoms with Crippen LogP contribution in [0, 0.1) is 5.92 Å². The molecule has 1 rings (SSSR count). The number of carbonyl (C=O) groups is 1. The van der Waals surface area contributed by atoms with Crippen molar-refractivity contribution < 1.29 is 14.6 Å². The number of amides is 1. The van der Waals surface area contributed by atoms with Crippen molar-refractivity contribution in [3.05, 3.63) is 0 Å². The Hall–Kier alpha value is -0.650. The van der Waals surface area contributed by atoms with Gasteiger partial charge in [0.25, 0.3) is 0 Å². The van der Waals surface area contributed by atoms with Gasteiger partial charge >= 0.3 is 0 Å². The van der Waals surface area contributed by atoms with E-state index < -0.39 is 5.60 Å². The molecule has 5 nitrogen and oxygen atoms in total. The average Bonchev–Trinajstić information content (AvgIpc) is 2.72. The third-order valence-electron chi connectivity index (χ3n) is 3.14. The minimum absolute atomic E-state index is 0.0723. The van der Waals surface area contributed by atoms with Crippen molar-refractivity contribution in [3.63, 3.8) is 0 Å². The fourth-order valence-corrected chi connectivity index (χ4v) is 2.31. The van der Waals surface area contributed by atoms with Crippen LogP contribution in [-0.2, 0) is 9.53 Å². The number of carbonyl (C=O) groups excluding carboxylic acids is 1. The number of ether oxygens (including phenoxy) is 1. The van der Waals surface area contributed by atoms with E-state index in [1.807, 2.05) is 13.8 Å². The molecule has 0 spiro atoms. The Morgan fingerprint density at radius 3 is 2.61 bits per heavy atom. The molecular weight excluding hydrogens is 232 g/mol. The highest BCUT2D eigenvalue weighted by Crippen LogP contribution is 2.18. The highest BCUT2D eigenvalue weighted by atomic mass is 16.5. The molecule has 0 aromatic carbocycles. The smallest absolute Gasteiger partial charge is 0.229 e. The summed E-state index contributed by atoms with van der Waals surface area (Å²) in [5.74, 6) is -0.0599. The van der Waals surface area contributed by atoms with Crippen molar-refractivity contribution in [1.82, 2.24) is 10.2 Å². The van der Waals surface area contributed by atoms with Crippen molar-refractivity contribution in [3.8, 4) is 0 Å². The maximum Gasteiger partial charge on any atom is 0.229 e. The summed E-state index contributed by atoms with van der Waals surface area (Å²) >= 11 is 0. The first-order valence-electron chi connectivity index (χ1n) is 6.71. The second kappa shape index (κ2) is 6.50. The molecule has 1 aliphatic heterocycles. The molecule has 1 saturated heterocycles. The quantitative estimate of drug-likeness (QED) is 0.716. The average molecular weight is 258 g/mol. The van der Waals surface area contributed by atoms with E-state index in [0.29, 0.717) is 26.3 Å². The van der Waals surface area contributed by atoms with E-state index in [9.17, 15) is 9.90 Å². The van der Waals surface area contributed by atoms with Crippen LogP contribution in [0.3, 0.4) is 0 Å². The Bertz CT molecular complexity index is 276. The molecule has 0 saturated carbocycles. The number of nitrogens with one attached hydrogen (secondary N) is 1. The molecule has 0 aliphatic carbocycles. The third kappa shape index (κ3) is 4.23. The van der Waals surface area contributed by atoms with Crippen LogP contribution in [0.25, 0.3) is 0 Å². The SMILES string of the molecule is CCNC1COCC1C(=O)N(CC)CC(C)(C)O. The van der Waals surface area contributed by atoms with Gasteiger partial charge in [0, 0.05) is 19.1 Å². The van der Waals surface area contributed by atoms with Gasteiger partial charge in [-0.05, 0) is 27.3 Å². The number of rotatable bonds is 6. The van der Waals surface area contributed by atoms with Crippen LogP contribution in [0.2, 0.25) is 0 Å².